The van der Waals surface area contributed by atoms with Gasteiger partial charge in [0.05, 0.1) is 0 Å². The van der Waals surface area contributed by atoms with Crippen LogP contribution in [0.2, 0.25) is 0 Å². The number of rotatable bonds is 6. The summed E-state index contributed by atoms with van der Waals surface area (Å²) in [4.78, 5) is 22.7. The molecule has 33 heavy (non-hydrogen) atoms. The van der Waals surface area contributed by atoms with Crippen LogP contribution in [0.4, 0.5) is 15.9 Å². The van der Waals surface area contributed by atoms with Gasteiger partial charge in [0.1, 0.15) is 6.10 Å². The van der Waals surface area contributed by atoms with E-state index in [1.807, 2.05) is 29.2 Å². The monoisotopic (exact) mass is 568 g/mol. The third kappa shape index (κ3) is 6.76. The van der Waals surface area contributed by atoms with E-state index in [4.69, 9.17) is 4.74 Å². The van der Waals surface area contributed by atoms with Crippen molar-refractivity contribution in [1.29, 1.82) is 0 Å². The summed E-state index contributed by atoms with van der Waals surface area (Å²) in [6.45, 7) is 2.58. The van der Waals surface area contributed by atoms with Gasteiger partial charge in [-0.05, 0) is 49.1 Å². The van der Waals surface area contributed by atoms with Gasteiger partial charge < -0.3 is 25.6 Å². The molecule has 0 spiro atoms. The van der Waals surface area contributed by atoms with Crippen molar-refractivity contribution in [2.75, 3.05) is 37.0 Å². The van der Waals surface area contributed by atoms with E-state index >= 15 is 0 Å². The number of aromatic nitrogens is 1. The van der Waals surface area contributed by atoms with Crippen molar-refractivity contribution in [2.24, 2.45) is 4.99 Å². The molecule has 3 heterocycles. The average molecular weight is 568 g/mol. The van der Waals surface area contributed by atoms with Crippen LogP contribution in [0.5, 0.6) is 0 Å². The molecule has 1 amide bonds. The maximum atomic E-state index is 14.0. The number of nitrogens with one attached hydrogen (secondary N) is 3. The van der Waals surface area contributed by atoms with Crippen molar-refractivity contribution in [3.63, 3.8) is 0 Å². The van der Waals surface area contributed by atoms with Crippen LogP contribution < -0.4 is 20.9 Å². The SMILES string of the molecule is CN=C(NCc1cccc(NC(=O)C2CCCO2)c1)NC1CCN(c2ncccc2F)C1.I. The lowest BCUT2D eigenvalue weighted by atomic mass is 10.2. The molecular weight excluding hydrogens is 538 g/mol. The van der Waals surface area contributed by atoms with Crippen molar-refractivity contribution in [1.82, 2.24) is 15.6 Å². The van der Waals surface area contributed by atoms with Crippen LogP contribution in [0, 0.1) is 5.82 Å². The van der Waals surface area contributed by atoms with Crippen molar-refractivity contribution in [2.45, 2.75) is 38.0 Å². The maximum absolute atomic E-state index is 14.0. The molecule has 0 radical (unpaired) electrons. The summed E-state index contributed by atoms with van der Waals surface area (Å²) >= 11 is 0. The molecule has 2 aliphatic heterocycles. The summed E-state index contributed by atoms with van der Waals surface area (Å²) in [5.41, 5.74) is 1.76. The number of aliphatic imine (C=N–C) groups is 1. The molecule has 2 saturated heterocycles. The van der Waals surface area contributed by atoms with Crippen LogP contribution in [0.15, 0.2) is 47.6 Å². The van der Waals surface area contributed by atoms with E-state index in [1.165, 1.54) is 6.07 Å². The molecule has 0 bridgehead atoms. The summed E-state index contributed by atoms with van der Waals surface area (Å²) < 4.78 is 19.5. The number of anilines is 2. The topological polar surface area (TPSA) is 90.9 Å². The van der Waals surface area contributed by atoms with Crippen LogP contribution >= 0.6 is 24.0 Å². The second-order valence-electron chi connectivity index (χ2n) is 8.00. The number of hydrogen-bond donors (Lipinski definition) is 3. The molecule has 1 aromatic carbocycles. The van der Waals surface area contributed by atoms with E-state index in [2.05, 4.69) is 25.9 Å². The average Bonchev–Trinajstić information content (AvgIpc) is 3.50. The number of pyridine rings is 1. The molecule has 1 aromatic heterocycles. The largest absolute Gasteiger partial charge is 0.368 e. The quantitative estimate of drug-likeness (QED) is 0.282. The highest BCUT2D eigenvalue weighted by Crippen LogP contribution is 2.21. The molecule has 4 rings (SSSR count). The van der Waals surface area contributed by atoms with Crippen molar-refractivity contribution >= 4 is 47.3 Å². The first-order valence-corrected chi connectivity index (χ1v) is 11.0. The van der Waals surface area contributed by atoms with Crippen LogP contribution in [-0.4, -0.2) is 55.7 Å². The Balaban J connectivity index is 0.00000306. The molecule has 8 nitrogen and oxygen atoms in total. The second-order valence-corrected chi connectivity index (χ2v) is 8.00. The fourth-order valence-corrected chi connectivity index (χ4v) is 4.02. The third-order valence-electron chi connectivity index (χ3n) is 5.67. The number of ether oxygens (including phenoxy) is 1. The molecular formula is C23H30FIN6O2. The van der Waals surface area contributed by atoms with Gasteiger partial charge in [0, 0.05) is 51.2 Å². The van der Waals surface area contributed by atoms with Crippen molar-refractivity contribution in [3.8, 4) is 0 Å². The summed E-state index contributed by atoms with van der Waals surface area (Å²) in [5.74, 6) is 0.663. The predicted molar refractivity (Wildman–Crippen MR) is 138 cm³/mol. The standard InChI is InChI=1S/C23H29FN6O2.HI/c1-25-23(29-18-9-11-30(15-18)21-19(24)7-3-10-26-21)27-14-16-5-2-6-17(13-16)28-22(31)20-8-4-12-32-20;/h2-3,5-7,10,13,18,20H,4,8-9,11-12,14-15H2,1H3,(H,28,31)(H2,25,27,29);1H. The first-order valence-electron chi connectivity index (χ1n) is 11.0. The van der Waals surface area contributed by atoms with Crippen LogP contribution in [0.3, 0.4) is 0 Å². The zero-order chi connectivity index (χ0) is 22.3. The lowest BCUT2D eigenvalue weighted by molar-refractivity contribution is -0.124. The number of halogens is 2. The molecule has 0 aliphatic carbocycles. The Bertz CT molecular complexity index is 969. The number of guanidine groups is 1. The van der Waals surface area contributed by atoms with Gasteiger partial charge in [0.2, 0.25) is 0 Å². The minimum absolute atomic E-state index is 0. The van der Waals surface area contributed by atoms with Crippen molar-refractivity contribution in [3.05, 3.63) is 54.0 Å². The number of carbonyl (C=O) groups excluding carboxylic acids is 1. The predicted octanol–water partition coefficient (Wildman–Crippen LogP) is 2.90. The molecule has 2 fully saturated rings. The van der Waals surface area contributed by atoms with Gasteiger partial charge in [-0.2, -0.15) is 0 Å². The second kappa shape index (κ2) is 12.1. The van der Waals surface area contributed by atoms with Gasteiger partial charge >= 0.3 is 0 Å². The summed E-state index contributed by atoms with van der Waals surface area (Å²) in [7, 11) is 1.72. The Morgan fingerprint density at radius 3 is 2.94 bits per heavy atom. The van der Waals surface area contributed by atoms with Crippen molar-refractivity contribution < 1.29 is 13.9 Å². The summed E-state index contributed by atoms with van der Waals surface area (Å²) in [5, 5.41) is 9.64. The molecule has 10 heteroatoms. The van der Waals surface area contributed by atoms with Crippen LogP contribution in [0.1, 0.15) is 24.8 Å². The van der Waals surface area contributed by atoms with Crippen LogP contribution in [0.25, 0.3) is 0 Å². The molecule has 3 N–H and O–H groups in total. The number of amides is 1. The number of benzene rings is 1. The van der Waals surface area contributed by atoms with E-state index < -0.39 is 0 Å². The summed E-state index contributed by atoms with van der Waals surface area (Å²) in [6.07, 6.45) is 3.80. The van der Waals surface area contributed by atoms with Gasteiger partial charge in [0.15, 0.2) is 17.6 Å². The highest BCUT2D eigenvalue weighted by molar-refractivity contribution is 14.0. The van der Waals surface area contributed by atoms with E-state index in [9.17, 15) is 9.18 Å². The van der Waals surface area contributed by atoms with E-state index in [-0.39, 0.29) is 47.8 Å². The number of nitrogens with zero attached hydrogens (tertiary/aromatic N) is 3. The fourth-order valence-electron chi connectivity index (χ4n) is 4.02. The Morgan fingerprint density at radius 2 is 2.18 bits per heavy atom. The lowest BCUT2D eigenvalue weighted by Gasteiger charge is -2.20. The van der Waals surface area contributed by atoms with Gasteiger partial charge in [-0.3, -0.25) is 9.79 Å². The van der Waals surface area contributed by atoms with Gasteiger partial charge in [-0.1, -0.05) is 12.1 Å². The van der Waals surface area contributed by atoms with Gasteiger partial charge in [-0.25, -0.2) is 9.37 Å². The smallest absolute Gasteiger partial charge is 0.253 e. The molecule has 0 saturated carbocycles. The number of carbonyl (C=O) groups is 1. The Hall–Kier alpha value is -2.47. The normalized spacial score (nSPS) is 20.3. The molecule has 2 atom stereocenters. The lowest BCUT2D eigenvalue weighted by Crippen LogP contribution is -2.44. The van der Waals surface area contributed by atoms with Gasteiger partial charge in [-0.15, -0.1) is 24.0 Å². The van der Waals surface area contributed by atoms with E-state index in [0.717, 1.165) is 37.1 Å². The highest BCUT2D eigenvalue weighted by atomic mass is 127. The first kappa shape index (κ1) is 25.2. The zero-order valence-corrected chi connectivity index (χ0v) is 20.9. The third-order valence-corrected chi connectivity index (χ3v) is 5.67. The minimum atomic E-state index is -0.356. The Labute approximate surface area is 210 Å². The molecule has 2 aromatic rings. The highest BCUT2D eigenvalue weighted by Gasteiger charge is 2.26. The van der Waals surface area contributed by atoms with Crippen LogP contribution in [-0.2, 0) is 16.1 Å². The number of hydrogen-bond acceptors (Lipinski definition) is 5. The zero-order valence-electron chi connectivity index (χ0n) is 18.6. The van der Waals surface area contributed by atoms with Gasteiger partial charge in [0.25, 0.3) is 5.91 Å². The minimum Gasteiger partial charge on any atom is -0.368 e. The van der Waals surface area contributed by atoms with E-state index in [1.54, 1.807) is 19.3 Å². The molecule has 178 valence electrons. The molecule has 2 aliphatic rings. The summed E-state index contributed by atoms with van der Waals surface area (Å²) in [6, 6.07) is 10.9. The first-order chi connectivity index (χ1) is 15.6. The molecule has 2 unspecified atom stereocenters. The van der Waals surface area contributed by atoms with E-state index in [0.29, 0.717) is 31.5 Å². The fraction of sp³-hybridized carbons (Fsp3) is 0.435. The Kier molecular flexibility index (Phi) is 9.24. The Morgan fingerprint density at radius 1 is 1.30 bits per heavy atom. The maximum Gasteiger partial charge on any atom is 0.253 e.